The first-order valence-corrected chi connectivity index (χ1v) is 7.66. The molecular formula is C16H17ClN2O3. The molecule has 2 aliphatic rings. The van der Waals surface area contributed by atoms with Gasteiger partial charge in [-0.15, -0.1) is 0 Å². The number of hydrogen-bond acceptors (Lipinski definition) is 4. The molecule has 0 unspecified atom stereocenters. The molecule has 1 aliphatic heterocycles. The van der Waals surface area contributed by atoms with Gasteiger partial charge in [0.15, 0.2) is 5.79 Å². The Morgan fingerprint density at radius 3 is 2.95 bits per heavy atom. The number of aliphatic hydroxyl groups excluding tert-OH is 1. The molecular weight excluding hydrogens is 304 g/mol. The summed E-state index contributed by atoms with van der Waals surface area (Å²) in [5.74, 6) is -0.648. The molecule has 2 aromatic rings. The Labute approximate surface area is 133 Å². The van der Waals surface area contributed by atoms with Crippen molar-refractivity contribution < 1.29 is 14.6 Å². The molecule has 3 heterocycles. The molecule has 0 radical (unpaired) electrons. The molecule has 0 spiro atoms. The molecule has 6 heteroatoms. The van der Waals surface area contributed by atoms with E-state index in [0.717, 1.165) is 16.5 Å². The standard InChI is InChI=1S/C16H17ClN2O3/c1-16(2)21-13-9(8-20)7-12(14(13)22-16)19-6-4-10-11(19)3-5-18-15(10)17/h3-7,12-14,20H,8H2,1-2H3/t12-,13-,14+/m1/s1. The molecule has 0 aromatic carbocycles. The average molecular weight is 321 g/mol. The van der Waals surface area contributed by atoms with E-state index < -0.39 is 5.79 Å². The first kappa shape index (κ1) is 14.2. The number of ether oxygens (including phenoxy) is 2. The van der Waals surface area contributed by atoms with Gasteiger partial charge in [0, 0.05) is 17.8 Å². The van der Waals surface area contributed by atoms with E-state index in [4.69, 9.17) is 21.1 Å². The molecule has 1 N–H and O–H groups in total. The number of pyridine rings is 1. The number of rotatable bonds is 2. The summed E-state index contributed by atoms with van der Waals surface area (Å²) < 4.78 is 14.1. The van der Waals surface area contributed by atoms with Gasteiger partial charge in [0.05, 0.1) is 18.2 Å². The van der Waals surface area contributed by atoms with Crippen molar-refractivity contribution in [1.29, 1.82) is 0 Å². The van der Waals surface area contributed by atoms with Crippen LogP contribution in [0, 0.1) is 0 Å². The van der Waals surface area contributed by atoms with Crippen molar-refractivity contribution in [3.05, 3.63) is 41.3 Å². The van der Waals surface area contributed by atoms with Gasteiger partial charge in [-0.2, -0.15) is 0 Å². The lowest BCUT2D eigenvalue weighted by Crippen LogP contribution is -2.27. The first-order valence-electron chi connectivity index (χ1n) is 7.28. The van der Waals surface area contributed by atoms with Gasteiger partial charge in [-0.05, 0) is 31.6 Å². The summed E-state index contributed by atoms with van der Waals surface area (Å²) in [5.41, 5.74) is 1.86. The third kappa shape index (κ3) is 2.01. The minimum absolute atomic E-state index is 0.0291. The molecule has 1 aliphatic carbocycles. The van der Waals surface area contributed by atoms with Crippen LogP contribution in [0.25, 0.3) is 10.9 Å². The zero-order valence-corrected chi connectivity index (χ0v) is 13.1. The second-order valence-electron chi connectivity index (χ2n) is 6.17. The van der Waals surface area contributed by atoms with Gasteiger partial charge in [0.1, 0.15) is 17.4 Å². The van der Waals surface area contributed by atoms with Crippen LogP contribution in [0.15, 0.2) is 36.2 Å². The zero-order chi connectivity index (χ0) is 15.5. The monoisotopic (exact) mass is 320 g/mol. The van der Waals surface area contributed by atoms with E-state index in [1.165, 1.54) is 0 Å². The maximum atomic E-state index is 9.61. The average Bonchev–Trinajstić information content (AvgIpc) is 3.10. The molecule has 4 rings (SSSR count). The summed E-state index contributed by atoms with van der Waals surface area (Å²) in [6, 6.07) is 3.85. The van der Waals surface area contributed by atoms with Crippen LogP contribution >= 0.6 is 11.6 Å². The van der Waals surface area contributed by atoms with Crippen LogP contribution in [0.5, 0.6) is 0 Å². The molecule has 0 saturated carbocycles. The largest absolute Gasteiger partial charge is 0.392 e. The molecule has 2 aromatic heterocycles. The van der Waals surface area contributed by atoms with E-state index in [9.17, 15) is 5.11 Å². The van der Waals surface area contributed by atoms with E-state index >= 15 is 0 Å². The molecule has 116 valence electrons. The third-order valence-corrected chi connectivity index (χ3v) is 4.62. The smallest absolute Gasteiger partial charge is 0.164 e. The van der Waals surface area contributed by atoms with Crippen molar-refractivity contribution in [3.63, 3.8) is 0 Å². The van der Waals surface area contributed by atoms with Gasteiger partial charge in [-0.25, -0.2) is 4.98 Å². The fourth-order valence-corrected chi connectivity index (χ4v) is 3.64. The van der Waals surface area contributed by atoms with Gasteiger partial charge < -0.3 is 19.1 Å². The fraction of sp³-hybridized carbons (Fsp3) is 0.438. The molecule has 0 amide bonds. The maximum Gasteiger partial charge on any atom is 0.164 e. The van der Waals surface area contributed by atoms with Crippen molar-refractivity contribution in [2.24, 2.45) is 0 Å². The normalized spacial score (nSPS) is 29.8. The fourth-order valence-electron chi connectivity index (χ4n) is 3.43. The van der Waals surface area contributed by atoms with Crippen LogP contribution in [0.1, 0.15) is 19.9 Å². The van der Waals surface area contributed by atoms with Crippen LogP contribution in [-0.2, 0) is 9.47 Å². The van der Waals surface area contributed by atoms with Crippen molar-refractivity contribution in [1.82, 2.24) is 9.55 Å². The van der Waals surface area contributed by atoms with Gasteiger partial charge in [-0.1, -0.05) is 17.7 Å². The first-order chi connectivity index (χ1) is 10.5. The highest BCUT2D eigenvalue weighted by Gasteiger charge is 2.50. The van der Waals surface area contributed by atoms with Crippen molar-refractivity contribution >= 4 is 22.5 Å². The lowest BCUT2D eigenvalue weighted by atomic mass is 10.1. The maximum absolute atomic E-state index is 9.61. The second kappa shape index (κ2) is 4.80. The van der Waals surface area contributed by atoms with Crippen LogP contribution in [0.4, 0.5) is 0 Å². The Balaban J connectivity index is 1.81. The molecule has 5 nitrogen and oxygen atoms in total. The molecule has 0 bridgehead atoms. The predicted molar refractivity (Wildman–Crippen MR) is 82.8 cm³/mol. The second-order valence-corrected chi connectivity index (χ2v) is 6.53. The Kier molecular flexibility index (Phi) is 3.10. The van der Waals surface area contributed by atoms with Gasteiger partial charge in [-0.3, -0.25) is 0 Å². The van der Waals surface area contributed by atoms with E-state index in [1.807, 2.05) is 38.3 Å². The zero-order valence-electron chi connectivity index (χ0n) is 12.4. The lowest BCUT2D eigenvalue weighted by molar-refractivity contribution is -0.148. The molecule has 22 heavy (non-hydrogen) atoms. The minimum atomic E-state index is -0.648. The van der Waals surface area contributed by atoms with Gasteiger partial charge in [0.25, 0.3) is 0 Å². The van der Waals surface area contributed by atoms with E-state index in [0.29, 0.717) is 5.15 Å². The SMILES string of the molecule is CC1(C)O[C@@H]2[C@H](O1)C(CO)=C[C@H]2n1ccc2c(Cl)nccc21. The Morgan fingerprint density at radius 2 is 2.18 bits per heavy atom. The highest BCUT2D eigenvalue weighted by atomic mass is 35.5. The summed E-state index contributed by atoms with van der Waals surface area (Å²) in [4.78, 5) is 4.11. The van der Waals surface area contributed by atoms with E-state index in [-0.39, 0.29) is 24.9 Å². The highest BCUT2D eigenvalue weighted by Crippen LogP contribution is 2.44. The number of fused-ring (bicyclic) bond motifs is 2. The Morgan fingerprint density at radius 1 is 1.36 bits per heavy atom. The Bertz CT molecular complexity index is 768. The highest BCUT2D eigenvalue weighted by molar-refractivity contribution is 6.34. The molecule has 1 saturated heterocycles. The summed E-state index contributed by atoms with van der Waals surface area (Å²) in [6.45, 7) is 3.76. The van der Waals surface area contributed by atoms with Crippen LogP contribution in [0.3, 0.4) is 0 Å². The van der Waals surface area contributed by atoms with Crippen molar-refractivity contribution in [3.8, 4) is 0 Å². The number of aliphatic hydroxyl groups is 1. The Hall–Kier alpha value is -1.40. The third-order valence-electron chi connectivity index (χ3n) is 4.32. The van der Waals surface area contributed by atoms with Crippen LogP contribution in [-0.4, -0.2) is 39.3 Å². The van der Waals surface area contributed by atoms with Gasteiger partial charge in [0.2, 0.25) is 0 Å². The number of nitrogens with zero attached hydrogens (tertiary/aromatic N) is 2. The number of halogens is 1. The van der Waals surface area contributed by atoms with Gasteiger partial charge >= 0.3 is 0 Å². The summed E-state index contributed by atoms with van der Waals surface area (Å²) in [6.07, 6.45) is 5.34. The number of aromatic nitrogens is 2. The van der Waals surface area contributed by atoms with Crippen molar-refractivity contribution in [2.75, 3.05) is 6.61 Å². The molecule has 1 fully saturated rings. The number of hydrogen-bond donors (Lipinski definition) is 1. The molecule has 3 atom stereocenters. The van der Waals surface area contributed by atoms with E-state index in [2.05, 4.69) is 9.55 Å². The lowest BCUT2D eigenvalue weighted by Gasteiger charge is -2.22. The topological polar surface area (TPSA) is 56.5 Å². The predicted octanol–water partition coefficient (Wildman–Crippen LogP) is 2.68. The van der Waals surface area contributed by atoms with Crippen LogP contribution in [0.2, 0.25) is 5.15 Å². The minimum Gasteiger partial charge on any atom is -0.392 e. The van der Waals surface area contributed by atoms with Crippen molar-refractivity contribution in [2.45, 2.75) is 37.9 Å². The summed E-state index contributed by atoms with van der Waals surface area (Å²) >= 11 is 6.15. The quantitative estimate of drug-likeness (QED) is 0.683. The summed E-state index contributed by atoms with van der Waals surface area (Å²) in [7, 11) is 0. The summed E-state index contributed by atoms with van der Waals surface area (Å²) in [5, 5.41) is 11.0. The van der Waals surface area contributed by atoms with E-state index in [1.54, 1.807) is 6.20 Å². The van der Waals surface area contributed by atoms with Crippen LogP contribution < -0.4 is 0 Å².